The van der Waals surface area contributed by atoms with Gasteiger partial charge in [-0.2, -0.15) is 0 Å². The van der Waals surface area contributed by atoms with Gasteiger partial charge in [0.25, 0.3) is 0 Å². The van der Waals surface area contributed by atoms with Crippen molar-refractivity contribution >= 4 is 12.3 Å². The third-order valence-electron chi connectivity index (χ3n) is 3.37. The summed E-state index contributed by atoms with van der Waals surface area (Å²) >= 11 is 0. The molecule has 2 aromatic rings. The molecule has 4 nitrogen and oxygen atoms in total. The lowest BCUT2D eigenvalue weighted by atomic mass is 10.1. The smallest absolute Gasteiger partial charge is 0.310 e. The largest absolute Gasteiger partial charge is 0.489 e. The summed E-state index contributed by atoms with van der Waals surface area (Å²) in [6.07, 6.45) is 1.03. The van der Waals surface area contributed by atoms with E-state index in [0.29, 0.717) is 17.9 Å². The SMILES string of the molecule is Cc1cc(C=O)cc(OCc2cccc(CC(=O)OC(C)(C)C)c2)c1. The van der Waals surface area contributed by atoms with Crippen LogP contribution in [0.15, 0.2) is 42.5 Å². The van der Waals surface area contributed by atoms with E-state index < -0.39 is 5.60 Å². The number of aldehydes is 1. The monoisotopic (exact) mass is 340 g/mol. The summed E-state index contributed by atoms with van der Waals surface area (Å²) in [5.41, 5.74) is 2.91. The summed E-state index contributed by atoms with van der Waals surface area (Å²) in [6.45, 7) is 7.84. The maximum Gasteiger partial charge on any atom is 0.310 e. The number of ether oxygens (including phenoxy) is 2. The van der Waals surface area contributed by atoms with E-state index in [1.165, 1.54) is 0 Å². The van der Waals surface area contributed by atoms with E-state index in [4.69, 9.17) is 9.47 Å². The van der Waals surface area contributed by atoms with E-state index in [9.17, 15) is 9.59 Å². The molecule has 0 unspecified atom stereocenters. The van der Waals surface area contributed by atoms with E-state index in [-0.39, 0.29) is 12.4 Å². The Morgan fingerprint density at radius 3 is 2.48 bits per heavy atom. The van der Waals surface area contributed by atoms with Crippen LogP contribution in [0.4, 0.5) is 0 Å². The van der Waals surface area contributed by atoms with Crippen molar-refractivity contribution < 1.29 is 19.1 Å². The number of hydrogen-bond acceptors (Lipinski definition) is 4. The van der Waals surface area contributed by atoms with Crippen LogP contribution in [0.2, 0.25) is 0 Å². The first-order valence-corrected chi connectivity index (χ1v) is 8.24. The van der Waals surface area contributed by atoms with Crippen molar-refractivity contribution in [1.82, 2.24) is 0 Å². The van der Waals surface area contributed by atoms with Crippen molar-refractivity contribution in [3.63, 3.8) is 0 Å². The van der Waals surface area contributed by atoms with Crippen molar-refractivity contribution in [2.75, 3.05) is 0 Å². The minimum atomic E-state index is -0.487. The fourth-order valence-electron chi connectivity index (χ4n) is 2.47. The molecule has 0 atom stereocenters. The Morgan fingerprint density at radius 2 is 1.80 bits per heavy atom. The standard InChI is InChI=1S/C21H24O4/c1-15-8-18(13-22)11-19(9-15)24-14-17-7-5-6-16(10-17)12-20(23)25-21(2,3)4/h5-11,13H,12,14H2,1-4H3. The van der Waals surface area contributed by atoms with Crippen LogP contribution in [0.5, 0.6) is 5.75 Å². The second-order valence-corrected chi connectivity index (χ2v) is 7.07. The summed E-state index contributed by atoms with van der Waals surface area (Å²) in [5.74, 6) is 0.402. The van der Waals surface area contributed by atoms with Gasteiger partial charge in [0.05, 0.1) is 6.42 Å². The van der Waals surface area contributed by atoms with Crippen LogP contribution in [0, 0.1) is 6.92 Å². The Bertz CT molecular complexity index is 757. The van der Waals surface area contributed by atoms with Crippen LogP contribution in [-0.2, 0) is 22.6 Å². The lowest BCUT2D eigenvalue weighted by Gasteiger charge is -2.19. The average Bonchev–Trinajstić information content (AvgIpc) is 2.51. The Balaban J connectivity index is 2.01. The zero-order chi connectivity index (χ0) is 18.4. The number of carbonyl (C=O) groups excluding carboxylic acids is 2. The second kappa shape index (κ2) is 7.97. The van der Waals surface area contributed by atoms with Crippen LogP contribution in [0.1, 0.15) is 47.8 Å². The molecule has 0 radical (unpaired) electrons. The first kappa shape index (κ1) is 18.7. The molecule has 4 heteroatoms. The topological polar surface area (TPSA) is 52.6 Å². The van der Waals surface area contributed by atoms with Crippen molar-refractivity contribution in [3.05, 3.63) is 64.7 Å². The van der Waals surface area contributed by atoms with Crippen molar-refractivity contribution in [3.8, 4) is 5.75 Å². The number of rotatable bonds is 6. The molecule has 0 aliphatic carbocycles. The highest BCUT2D eigenvalue weighted by atomic mass is 16.6. The third-order valence-corrected chi connectivity index (χ3v) is 3.37. The quantitative estimate of drug-likeness (QED) is 0.582. The zero-order valence-electron chi connectivity index (χ0n) is 15.2. The van der Waals surface area contributed by atoms with E-state index in [0.717, 1.165) is 23.0 Å². The van der Waals surface area contributed by atoms with Gasteiger partial charge in [-0.25, -0.2) is 0 Å². The predicted molar refractivity (Wildman–Crippen MR) is 96.9 cm³/mol. The molecular weight excluding hydrogens is 316 g/mol. The molecule has 0 bridgehead atoms. The molecule has 0 saturated heterocycles. The first-order chi connectivity index (χ1) is 11.7. The number of esters is 1. The highest BCUT2D eigenvalue weighted by molar-refractivity contribution is 5.76. The molecule has 0 aromatic heterocycles. The minimum absolute atomic E-state index is 0.227. The average molecular weight is 340 g/mol. The van der Waals surface area contributed by atoms with Gasteiger partial charge in [-0.05, 0) is 62.6 Å². The molecule has 0 saturated carbocycles. The highest BCUT2D eigenvalue weighted by Crippen LogP contribution is 2.18. The van der Waals surface area contributed by atoms with Gasteiger partial charge < -0.3 is 9.47 Å². The van der Waals surface area contributed by atoms with E-state index >= 15 is 0 Å². The number of carbonyl (C=O) groups is 2. The van der Waals surface area contributed by atoms with Gasteiger partial charge in [0.2, 0.25) is 0 Å². The van der Waals surface area contributed by atoms with Gasteiger partial charge in [0.15, 0.2) is 0 Å². The molecule has 2 aromatic carbocycles. The summed E-state index contributed by atoms with van der Waals surface area (Å²) < 4.78 is 11.1. The Hall–Kier alpha value is -2.62. The van der Waals surface area contributed by atoms with Crippen LogP contribution < -0.4 is 4.74 Å². The van der Waals surface area contributed by atoms with Crippen LogP contribution in [-0.4, -0.2) is 17.9 Å². The molecule has 0 aliphatic rings. The lowest BCUT2D eigenvalue weighted by molar-refractivity contribution is -0.153. The van der Waals surface area contributed by atoms with Crippen molar-refractivity contribution in [1.29, 1.82) is 0 Å². The van der Waals surface area contributed by atoms with E-state index in [1.807, 2.05) is 58.0 Å². The molecule has 0 aliphatic heterocycles. The minimum Gasteiger partial charge on any atom is -0.489 e. The van der Waals surface area contributed by atoms with Crippen LogP contribution in [0.25, 0.3) is 0 Å². The number of hydrogen-bond donors (Lipinski definition) is 0. The fraction of sp³-hybridized carbons (Fsp3) is 0.333. The van der Waals surface area contributed by atoms with Gasteiger partial charge in [0.1, 0.15) is 24.2 Å². The van der Waals surface area contributed by atoms with E-state index in [2.05, 4.69) is 0 Å². The molecule has 25 heavy (non-hydrogen) atoms. The fourth-order valence-corrected chi connectivity index (χ4v) is 2.47. The lowest BCUT2D eigenvalue weighted by Crippen LogP contribution is -2.24. The first-order valence-electron chi connectivity index (χ1n) is 8.24. The van der Waals surface area contributed by atoms with E-state index in [1.54, 1.807) is 12.1 Å². The number of aryl methyl sites for hydroxylation is 1. The zero-order valence-corrected chi connectivity index (χ0v) is 15.2. The van der Waals surface area contributed by atoms with Gasteiger partial charge in [-0.1, -0.05) is 24.3 Å². The molecule has 0 N–H and O–H groups in total. The second-order valence-electron chi connectivity index (χ2n) is 7.07. The van der Waals surface area contributed by atoms with Crippen LogP contribution in [0.3, 0.4) is 0 Å². The summed E-state index contributed by atoms with van der Waals surface area (Å²) in [7, 11) is 0. The Morgan fingerprint density at radius 1 is 1.08 bits per heavy atom. The summed E-state index contributed by atoms with van der Waals surface area (Å²) in [5, 5.41) is 0. The number of benzene rings is 2. The molecule has 0 spiro atoms. The maximum absolute atomic E-state index is 11.9. The van der Waals surface area contributed by atoms with Gasteiger partial charge in [0, 0.05) is 5.56 Å². The molecule has 0 fully saturated rings. The molecule has 2 rings (SSSR count). The molecule has 0 amide bonds. The van der Waals surface area contributed by atoms with Gasteiger partial charge >= 0.3 is 5.97 Å². The summed E-state index contributed by atoms with van der Waals surface area (Å²) in [6, 6.07) is 13.1. The highest BCUT2D eigenvalue weighted by Gasteiger charge is 2.16. The Labute approximate surface area is 148 Å². The van der Waals surface area contributed by atoms with Gasteiger partial charge in [-0.15, -0.1) is 0 Å². The third kappa shape index (κ3) is 6.42. The van der Waals surface area contributed by atoms with Gasteiger partial charge in [-0.3, -0.25) is 9.59 Å². The predicted octanol–water partition coefficient (Wildman–Crippen LogP) is 4.27. The van der Waals surface area contributed by atoms with Crippen LogP contribution >= 0.6 is 0 Å². The molecule has 0 heterocycles. The normalized spacial score (nSPS) is 11.0. The molecular formula is C21H24O4. The van der Waals surface area contributed by atoms with Crippen molar-refractivity contribution in [2.24, 2.45) is 0 Å². The summed E-state index contributed by atoms with van der Waals surface area (Å²) in [4.78, 5) is 22.9. The Kier molecular flexibility index (Phi) is 5.97. The molecule has 132 valence electrons. The maximum atomic E-state index is 11.9. The van der Waals surface area contributed by atoms with Crippen molar-refractivity contribution in [2.45, 2.75) is 46.3 Å².